The minimum atomic E-state index is 0.277. The van der Waals surface area contributed by atoms with E-state index in [1.54, 1.807) is 13.4 Å². The highest BCUT2D eigenvalue weighted by Gasteiger charge is 2.13. The molecular formula is C21H16O3. The van der Waals surface area contributed by atoms with Gasteiger partial charge in [-0.3, -0.25) is 0 Å². The summed E-state index contributed by atoms with van der Waals surface area (Å²) >= 11 is 0. The number of benzene rings is 2. The van der Waals surface area contributed by atoms with Gasteiger partial charge >= 0.3 is 0 Å². The Labute approximate surface area is 141 Å². The molecule has 0 N–H and O–H groups in total. The lowest BCUT2D eigenvalue weighted by Gasteiger charge is -2.14. The summed E-state index contributed by atoms with van der Waals surface area (Å²) in [6, 6.07) is 12.0. The van der Waals surface area contributed by atoms with Crippen molar-refractivity contribution in [3.05, 3.63) is 71.0 Å². The zero-order chi connectivity index (χ0) is 16.4. The molecule has 0 radical (unpaired) electrons. The molecule has 0 aromatic heterocycles. The van der Waals surface area contributed by atoms with Crippen molar-refractivity contribution in [1.82, 2.24) is 0 Å². The fourth-order valence-corrected chi connectivity index (χ4v) is 2.85. The molecule has 2 aromatic rings. The quantitative estimate of drug-likeness (QED) is 0.582. The summed E-state index contributed by atoms with van der Waals surface area (Å²) in [6.45, 7) is 0.277. The monoisotopic (exact) mass is 316 g/mol. The fraction of sp³-hybridized carbons (Fsp3) is 0.143. The van der Waals surface area contributed by atoms with E-state index < -0.39 is 0 Å². The maximum absolute atomic E-state index is 5.39. The van der Waals surface area contributed by atoms with Gasteiger partial charge in [0.1, 0.15) is 0 Å². The Bertz CT molecular complexity index is 910. The largest absolute Gasteiger partial charge is 0.504 e. The van der Waals surface area contributed by atoms with E-state index in [0.717, 1.165) is 29.0 Å². The molecule has 4 rings (SSSR count). The highest BCUT2D eigenvalue weighted by molar-refractivity contribution is 5.79. The van der Waals surface area contributed by atoms with Crippen molar-refractivity contribution in [3.8, 4) is 23.3 Å². The zero-order valence-electron chi connectivity index (χ0n) is 13.3. The van der Waals surface area contributed by atoms with E-state index in [1.165, 1.54) is 16.7 Å². The molecular weight excluding hydrogens is 300 g/mol. The Morgan fingerprint density at radius 1 is 1.00 bits per heavy atom. The summed E-state index contributed by atoms with van der Waals surface area (Å²) in [5.41, 5.74) is 5.42. The van der Waals surface area contributed by atoms with Crippen molar-refractivity contribution in [3.63, 3.8) is 0 Å². The van der Waals surface area contributed by atoms with E-state index in [0.29, 0.717) is 0 Å². The number of rotatable bonds is 1. The van der Waals surface area contributed by atoms with Gasteiger partial charge in [-0.05, 0) is 53.5 Å². The Hall–Kier alpha value is -3.12. The summed E-state index contributed by atoms with van der Waals surface area (Å²) < 4.78 is 15.9. The highest BCUT2D eigenvalue weighted by Crippen LogP contribution is 2.32. The zero-order valence-corrected chi connectivity index (χ0v) is 13.3. The van der Waals surface area contributed by atoms with Crippen molar-refractivity contribution in [1.29, 1.82) is 0 Å². The lowest BCUT2D eigenvalue weighted by Crippen LogP contribution is -1.95. The standard InChI is InChI=1S/C21H16O3/c1-22-13-18-4-2-3-17-9-7-15(11-19(17)18)5-6-16-8-10-20-21(12-16)24-14-23-20/h2-3,7-13H,4,14H2,1H3. The number of allylic oxidation sites excluding steroid dienone is 2. The molecule has 0 saturated carbocycles. The molecule has 0 spiro atoms. The Balaban J connectivity index is 1.66. The van der Waals surface area contributed by atoms with E-state index in [2.05, 4.69) is 36.1 Å². The van der Waals surface area contributed by atoms with Crippen molar-refractivity contribution in [2.45, 2.75) is 6.42 Å². The molecule has 0 unspecified atom stereocenters. The van der Waals surface area contributed by atoms with Crippen LogP contribution in [0.1, 0.15) is 28.7 Å². The van der Waals surface area contributed by atoms with Crippen LogP contribution >= 0.6 is 0 Å². The van der Waals surface area contributed by atoms with Crippen LogP contribution in [0.5, 0.6) is 11.5 Å². The molecule has 0 saturated heterocycles. The van der Waals surface area contributed by atoms with Gasteiger partial charge in [0.2, 0.25) is 6.79 Å². The molecule has 1 aliphatic heterocycles. The van der Waals surface area contributed by atoms with E-state index in [-0.39, 0.29) is 6.79 Å². The molecule has 0 atom stereocenters. The smallest absolute Gasteiger partial charge is 0.231 e. The molecule has 3 nitrogen and oxygen atoms in total. The van der Waals surface area contributed by atoms with Gasteiger partial charge in [0.05, 0.1) is 13.4 Å². The van der Waals surface area contributed by atoms with E-state index in [1.807, 2.05) is 24.3 Å². The van der Waals surface area contributed by atoms with Crippen molar-refractivity contribution in [2.75, 3.05) is 13.9 Å². The van der Waals surface area contributed by atoms with Gasteiger partial charge < -0.3 is 14.2 Å². The second-order valence-corrected chi connectivity index (χ2v) is 5.61. The Morgan fingerprint density at radius 3 is 2.67 bits per heavy atom. The van der Waals surface area contributed by atoms with Gasteiger partial charge in [-0.2, -0.15) is 0 Å². The molecule has 0 bridgehead atoms. The van der Waals surface area contributed by atoms with Gasteiger partial charge in [-0.25, -0.2) is 0 Å². The van der Waals surface area contributed by atoms with Crippen LogP contribution in [-0.2, 0) is 4.74 Å². The molecule has 1 heterocycles. The number of hydrogen-bond donors (Lipinski definition) is 0. The maximum atomic E-state index is 5.39. The summed E-state index contributed by atoms with van der Waals surface area (Å²) in [5.74, 6) is 7.94. The van der Waals surface area contributed by atoms with Crippen molar-refractivity contribution < 1.29 is 14.2 Å². The number of fused-ring (bicyclic) bond motifs is 2. The average Bonchev–Trinajstić information content (AvgIpc) is 3.08. The topological polar surface area (TPSA) is 27.7 Å². The van der Waals surface area contributed by atoms with E-state index in [4.69, 9.17) is 14.2 Å². The van der Waals surface area contributed by atoms with Gasteiger partial charge in [-0.15, -0.1) is 0 Å². The third kappa shape index (κ3) is 2.75. The SMILES string of the molecule is COC=C1CC=Cc2ccc(C#Cc3ccc4c(c3)OCO4)cc21. The number of hydrogen-bond acceptors (Lipinski definition) is 3. The molecule has 118 valence electrons. The van der Waals surface area contributed by atoms with Crippen LogP contribution in [0.15, 0.2) is 48.7 Å². The third-order valence-electron chi connectivity index (χ3n) is 4.02. The average molecular weight is 316 g/mol. The van der Waals surface area contributed by atoms with Crippen LogP contribution in [0, 0.1) is 11.8 Å². The first-order valence-corrected chi connectivity index (χ1v) is 7.78. The second kappa shape index (κ2) is 6.17. The first kappa shape index (κ1) is 14.5. The van der Waals surface area contributed by atoms with Crippen LogP contribution in [0.4, 0.5) is 0 Å². The van der Waals surface area contributed by atoms with Crippen molar-refractivity contribution >= 4 is 11.6 Å². The van der Waals surface area contributed by atoms with Gasteiger partial charge in [0.25, 0.3) is 0 Å². The minimum Gasteiger partial charge on any atom is -0.504 e. The third-order valence-corrected chi connectivity index (χ3v) is 4.02. The van der Waals surface area contributed by atoms with Gasteiger partial charge in [0, 0.05) is 11.1 Å². The maximum Gasteiger partial charge on any atom is 0.231 e. The second-order valence-electron chi connectivity index (χ2n) is 5.61. The van der Waals surface area contributed by atoms with Gasteiger partial charge in [0.15, 0.2) is 11.5 Å². The van der Waals surface area contributed by atoms with Crippen LogP contribution < -0.4 is 9.47 Å². The summed E-state index contributed by atoms with van der Waals surface area (Å²) in [7, 11) is 1.67. The Kier molecular flexibility index (Phi) is 3.72. The van der Waals surface area contributed by atoms with Crippen molar-refractivity contribution in [2.24, 2.45) is 0 Å². The normalized spacial score (nSPS) is 15.6. The molecule has 0 fully saturated rings. The summed E-state index contributed by atoms with van der Waals surface area (Å²) in [4.78, 5) is 0. The lowest BCUT2D eigenvalue weighted by molar-refractivity contribution is 0.174. The molecule has 2 aromatic carbocycles. The van der Waals surface area contributed by atoms with Crippen LogP contribution in [0.25, 0.3) is 11.6 Å². The predicted molar refractivity (Wildman–Crippen MR) is 93.6 cm³/mol. The summed E-state index contributed by atoms with van der Waals surface area (Å²) in [6.07, 6.45) is 6.96. The highest BCUT2D eigenvalue weighted by atomic mass is 16.7. The lowest BCUT2D eigenvalue weighted by atomic mass is 9.91. The minimum absolute atomic E-state index is 0.277. The van der Waals surface area contributed by atoms with Crippen LogP contribution in [0.3, 0.4) is 0 Å². The molecule has 1 aliphatic carbocycles. The number of methoxy groups -OCH3 is 1. The first-order valence-electron chi connectivity index (χ1n) is 7.78. The fourth-order valence-electron chi connectivity index (χ4n) is 2.85. The van der Waals surface area contributed by atoms with Crippen LogP contribution in [0.2, 0.25) is 0 Å². The first-order chi connectivity index (χ1) is 11.8. The Morgan fingerprint density at radius 2 is 1.79 bits per heavy atom. The molecule has 0 amide bonds. The molecule has 3 heteroatoms. The van der Waals surface area contributed by atoms with E-state index >= 15 is 0 Å². The summed E-state index contributed by atoms with van der Waals surface area (Å²) in [5, 5.41) is 0. The van der Waals surface area contributed by atoms with Crippen LogP contribution in [-0.4, -0.2) is 13.9 Å². The number of ether oxygens (including phenoxy) is 3. The van der Waals surface area contributed by atoms with Gasteiger partial charge in [-0.1, -0.05) is 30.1 Å². The van der Waals surface area contributed by atoms with E-state index in [9.17, 15) is 0 Å². The molecule has 2 aliphatic rings. The predicted octanol–water partition coefficient (Wildman–Crippen LogP) is 4.22. The molecule has 24 heavy (non-hydrogen) atoms.